The van der Waals surface area contributed by atoms with Gasteiger partial charge in [0, 0.05) is 22.0 Å². The third-order valence-corrected chi connectivity index (χ3v) is 9.16. The zero-order valence-electron chi connectivity index (χ0n) is 21.4. The number of amides is 2. The molecule has 2 aliphatic heterocycles. The zero-order valence-corrected chi connectivity index (χ0v) is 23.8. The predicted molar refractivity (Wildman–Crippen MR) is 150 cm³/mol. The summed E-state index contributed by atoms with van der Waals surface area (Å²) in [5, 5.41) is 22.9. The standard InChI is InChI=1S/C28H31BBrNO6S/c1-16(10-17-11-19(30)6-7-23(17)32)5-8-24-25-18(15-36-2)12-21-26(22(25)13-29(35)37-24)28(34)31(27(21)33)14-20-4-3-9-38-20/h3-4,6-7,9-11,21-22,24,26,32,35H,5,8,12-15H2,1-2H3/b16-10+/t21-,22+,24-,26-/m1/s1. The Balaban J connectivity index is 1.40. The SMILES string of the molecule is COCC1=C2[C@@H](CC/C(C)=C/c3cc(Br)ccc3O)OB(O)C[C@@H]2[C@@H]2C(=O)N(Cc3cccs3)C(=O)[C@@H]2C1. The number of aromatic hydroxyl groups is 1. The Morgan fingerprint density at radius 2 is 2.11 bits per heavy atom. The van der Waals surface area contributed by atoms with Gasteiger partial charge in [-0.05, 0) is 79.2 Å². The van der Waals surface area contributed by atoms with Crippen molar-refractivity contribution in [1.82, 2.24) is 4.90 Å². The van der Waals surface area contributed by atoms with Gasteiger partial charge in [0.2, 0.25) is 11.8 Å². The van der Waals surface area contributed by atoms with Crippen molar-refractivity contribution in [3.8, 4) is 5.75 Å². The van der Waals surface area contributed by atoms with Gasteiger partial charge in [0.25, 0.3) is 0 Å². The first-order chi connectivity index (χ1) is 18.3. The van der Waals surface area contributed by atoms with Crippen LogP contribution in [-0.4, -0.2) is 53.8 Å². The Morgan fingerprint density at radius 3 is 2.84 bits per heavy atom. The molecule has 0 spiro atoms. The average Bonchev–Trinajstić information content (AvgIpc) is 3.47. The highest BCUT2D eigenvalue weighted by atomic mass is 79.9. The summed E-state index contributed by atoms with van der Waals surface area (Å²) in [6.45, 7) is 2.65. The number of carbonyl (C=O) groups is 2. The second-order valence-corrected chi connectivity index (χ2v) is 12.3. The molecule has 7 nitrogen and oxygen atoms in total. The van der Waals surface area contributed by atoms with Gasteiger partial charge in [-0.1, -0.05) is 33.6 Å². The van der Waals surface area contributed by atoms with Gasteiger partial charge in [0.1, 0.15) is 5.75 Å². The lowest BCUT2D eigenvalue weighted by atomic mass is 9.58. The molecule has 5 rings (SSSR count). The topological polar surface area (TPSA) is 96.3 Å². The molecule has 3 aliphatic rings. The van der Waals surface area contributed by atoms with E-state index in [1.807, 2.05) is 36.6 Å². The van der Waals surface area contributed by atoms with Crippen LogP contribution in [0, 0.1) is 17.8 Å². The first-order valence-electron chi connectivity index (χ1n) is 12.8. The molecule has 2 amide bonds. The van der Waals surface area contributed by atoms with Crippen LogP contribution in [0.1, 0.15) is 36.6 Å². The third kappa shape index (κ3) is 5.42. The molecule has 38 heavy (non-hydrogen) atoms. The van der Waals surface area contributed by atoms with Crippen molar-refractivity contribution in [1.29, 1.82) is 0 Å². The maximum Gasteiger partial charge on any atom is 0.455 e. The van der Waals surface area contributed by atoms with E-state index in [9.17, 15) is 19.7 Å². The van der Waals surface area contributed by atoms with E-state index in [0.29, 0.717) is 32.4 Å². The van der Waals surface area contributed by atoms with Crippen LogP contribution in [0.15, 0.2) is 56.9 Å². The van der Waals surface area contributed by atoms with Crippen molar-refractivity contribution >= 4 is 52.3 Å². The molecule has 200 valence electrons. The molecular formula is C28H31BBrNO6S. The molecule has 0 radical (unpaired) electrons. The molecule has 2 aromatic rings. The number of thiophene rings is 1. The summed E-state index contributed by atoms with van der Waals surface area (Å²) >= 11 is 4.98. The summed E-state index contributed by atoms with van der Waals surface area (Å²) in [6.07, 6.45) is 3.58. The number of carbonyl (C=O) groups excluding carboxylic acids is 2. The second kappa shape index (κ2) is 11.5. The Bertz CT molecular complexity index is 1280. The summed E-state index contributed by atoms with van der Waals surface area (Å²) in [6, 6.07) is 9.15. The number of phenols is 1. The van der Waals surface area contributed by atoms with E-state index >= 15 is 0 Å². The monoisotopic (exact) mass is 599 g/mol. The van der Waals surface area contributed by atoms with E-state index in [2.05, 4.69) is 15.9 Å². The van der Waals surface area contributed by atoms with E-state index < -0.39 is 19.0 Å². The molecule has 4 atom stereocenters. The first kappa shape index (κ1) is 27.3. The number of fused-ring (bicyclic) bond motifs is 3. The number of nitrogens with zero attached hydrogens (tertiary/aromatic N) is 1. The molecule has 0 bridgehead atoms. The molecule has 10 heteroatoms. The van der Waals surface area contributed by atoms with Gasteiger partial charge in [0.05, 0.1) is 31.1 Å². The summed E-state index contributed by atoms with van der Waals surface area (Å²) in [4.78, 5) is 29.4. The van der Waals surface area contributed by atoms with E-state index in [1.165, 1.54) is 16.2 Å². The number of benzene rings is 1. The van der Waals surface area contributed by atoms with Crippen LogP contribution >= 0.6 is 27.3 Å². The van der Waals surface area contributed by atoms with Crippen LogP contribution in [0.5, 0.6) is 5.75 Å². The maximum atomic E-state index is 13.6. The Hall–Kier alpha value is -2.24. The quantitative estimate of drug-likeness (QED) is 0.251. The molecule has 3 heterocycles. The Morgan fingerprint density at radius 1 is 1.29 bits per heavy atom. The van der Waals surface area contributed by atoms with Crippen LogP contribution < -0.4 is 0 Å². The molecule has 0 unspecified atom stereocenters. The summed E-state index contributed by atoms with van der Waals surface area (Å²) in [5.74, 6) is -1.27. The predicted octanol–water partition coefficient (Wildman–Crippen LogP) is 5.04. The fourth-order valence-corrected chi connectivity index (χ4v) is 7.26. The fourth-order valence-electron chi connectivity index (χ4n) is 6.19. The molecule has 2 fully saturated rings. The van der Waals surface area contributed by atoms with Crippen LogP contribution in [0.25, 0.3) is 6.08 Å². The van der Waals surface area contributed by atoms with Crippen molar-refractivity contribution < 1.29 is 29.1 Å². The number of phenolic OH excluding ortho intramolecular Hbond substituents is 1. The van der Waals surface area contributed by atoms with Gasteiger partial charge in [-0.15, -0.1) is 11.3 Å². The third-order valence-electron chi connectivity index (χ3n) is 7.80. The fraction of sp³-hybridized carbons (Fsp3) is 0.429. The van der Waals surface area contributed by atoms with Crippen molar-refractivity contribution in [2.24, 2.45) is 17.8 Å². The lowest BCUT2D eigenvalue weighted by Gasteiger charge is -2.43. The zero-order chi connectivity index (χ0) is 27.0. The molecule has 2 saturated heterocycles. The number of hydrogen-bond donors (Lipinski definition) is 2. The minimum atomic E-state index is -1.01. The van der Waals surface area contributed by atoms with E-state index in [-0.39, 0.29) is 35.9 Å². The number of likely N-dealkylation sites (tertiary alicyclic amines) is 1. The molecular weight excluding hydrogens is 569 g/mol. The molecule has 0 saturated carbocycles. The highest BCUT2D eigenvalue weighted by Gasteiger charge is 2.57. The first-order valence-corrected chi connectivity index (χ1v) is 14.5. The number of ether oxygens (including phenoxy) is 1. The molecule has 1 aliphatic carbocycles. The Labute approximate surface area is 235 Å². The van der Waals surface area contributed by atoms with Gasteiger partial charge in [-0.3, -0.25) is 14.5 Å². The van der Waals surface area contributed by atoms with Crippen molar-refractivity contribution in [2.75, 3.05) is 13.7 Å². The van der Waals surface area contributed by atoms with Crippen LogP contribution in [-0.2, 0) is 25.5 Å². The summed E-state index contributed by atoms with van der Waals surface area (Å²) in [5.41, 5.74) is 3.78. The maximum absolute atomic E-state index is 13.6. The lowest BCUT2D eigenvalue weighted by Crippen LogP contribution is -2.46. The van der Waals surface area contributed by atoms with Crippen molar-refractivity contribution in [2.45, 2.75) is 45.2 Å². The van der Waals surface area contributed by atoms with Crippen molar-refractivity contribution in [3.63, 3.8) is 0 Å². The minimum absolute atomic E-state index is 0.133. The highest BCUT2D eigenvalue weighted by Crippen LogP contribution is 2.51. The number of methoxy groups -OCH3 is 1. The number of halogens is 1. The summed E-state index contributed by atoms with van der Waals surface area (Å²) in [7, 11) is 0.619. The number of hydrogen-bond acceptors (Lipinski definition) is 7. The number of rotatable bonds is 8. The highest BCUT2D eigenvalue weighted by molar-refractivity contribution is 9.10. The van der Waals surface area contributed by atoms with Gasteiger partial charge in [-0.25, -0.2) is 0 Å². The van der Waals surface area contributed by atoms with Crippen LogP contribution in [0.4, 0.5) is 0 Å². The van der Waals surface area contributed by atoms with E-state index in [4.69, 9.17) is 9.39 Å². The average molecular weight is 600 g/mol. The lowest BCUT2D eigenvalue weighted by molar-refractivity contribution is -0.140. The molecule has 1 aromatic carbocycles. The van der Waals surface area contributed by atoms with Crippen LogP contribution in [0.2, 0.25) is 6.32 Å². The van der Waals surface area contributed by atoms with Crippen molar-refractivity contribution in [3.05, 3.63) is 67.3 Å². The summed E-state index contributed by atoms with van der Waals surface area (Å²) < 4.78 is 12.5. The minimum Gasteiger partial charge on any atom is -0.507 e. The van der Waals surface area contributed by atoms with Gasteiger partial charge >= 0.3 is 7.12 Å². The van der Waals surface area contributed by atoms with E-state index in [0.717, 1.165) is 31.6 Å². The van der Waals surface area contributed by atoms with Gasteiger partial charge in [-0.2, -0.15) is 0 Å². The Kier molecular flexibility index (Phi) is 8.26. The number of allylic oxidation sites excluding steroid dienone is 1. The van der Waals surface area contributed by atoms with Crippen LogP contribution in [0.3, 0.4) is 0 Å². The largest absolute Gasteiger partial charge is 0.507 e. The normalized spacial score (nSPS) is 25.7. The van der Waals surface area contributed by atoms with Gasteiger partial charge in [0.15, 0.2) is 0 Å². The second-order valence-electron chi connectivity index (χ2n) is 10.3. The van der Waals surface area contributed by atoms with Gasteiger partial charge < -0.3 is 19.5 Å². The number of imide groups is 1. The molecule has 2 N–H and O–H groups in total. The van der Waals surface area contributed by atoms with E-state index in [1.54, 1.807) is 19.2 Å². The smallest absolute Gasteiger partial charge is 0.455 e. The molecule has 1 aromatic heterocycles.